The van der Waals surface area contributed by atoms with Crippen molar-refractivity contribution < 1.29 is 9.53 Å². The van der Waals surface area contributed by atoms with E-state index < -0.39 is 0 Å². The number of imidazole rings is 1. The van der Waals surface area contributed by atoms with E-state index in [1.54, 1.807) is 0 Å². The number of aromatic nitrogens is 2. The molecule has 0 bridgehead atoms. The van der Waals surface area contributed by atoms with Crippen LogP contribution in [0, 0.1) is 27.7 Å². The molecule has 1 aliphatic heterocycles. The number of rotatable bonds is 7. The number of carbonyl (C=O) groups excluding carboxylic acids is 1. The molecule has 0 spiro atoms. The first-order valence-corrected chi connectivity index (χ1v) is 12.4. The van der Waals surface area contributed by atoms with Gasteiger partial charge in [-0.2, -0.15) is 0 Å². The van der Waals surface area contributed by atoms with Crippen molar-refractivity contribution >= 4 is 22.6 Å². The molecular weight excluding hydrogens is 434 g/mol. The summed E-state index contributed by atoms with van der Waals surface area (Å²) in [4.78, 5) is 20.0. The minimum absolute atomic E-state index is 0.0642. The smallest absolute Gasteiger partial charge is 0.227 e. The number of nitrogens with zero attached hydrogens (tertiary/aromatic N) is 3. The van der Waals surface area contributed by atoms with Crippen molar-refractivity contribution in [2.75, 3.05) is 18.1 Å². The molecule has 1 aromatic heterocycles. The van der Waals surface area contributed by atoms with Crippen molar-refractivity contribution in [1.82, 2.24) is 9.55 Å². The van der Waals surface area contributed by atoms with Gasteiger partial charge in [-0.05, 0) is 74.6 Å². The van der Waals surface area contributed by atoms with Crippen molar-refractivity contribution in [2.24, 2.45) is 0 Å². The Bertz CT molecular complexity index is 1370. The van der Waals surface area contributed by atoms with E-state index in [0.29, 0.717) is 19.6 Å². The van der Waals surface area contributed by atoms with Crippen molar-refractivity contribution in [2.45, 2.75) is 53.0 Å². The fourth-order valence-electron chi connectivity index (χ4n) is 5.21. The highest BCUT2D eigenvalue weighted by Gasteiger charge is 2.35. The third-order valence-corrected chi connectivity index (χ3v) is 7.22. The minimum Gasteiger partial charge on any atom is -0.493 e. The van der Waals surface area contributed by atoms with E-state index in [9.17, 15) is 4.79 Å². The van der Waals surface area contributed by atoms with E-state index in [1.807, 2.05) is 17.0 Å². The molecule has 1 unspecified atom stereocenters. The first-order chi connectivity index (χ1) is 16.9. The SMILES string of the molecule is Cc1cccc(N2CC(c3nc4ccccc4n3CCCOc3c(C)cccc3C)CC2=O)c1C. The van der Waals surface area contributed by atoms with Crippen LogP contribution in [0.5, 0.6) is 5.75 Å². The van der Waals surface area contributed by atoms with Gasteiger partial charge in [0.2, 0.25) is 5.91 Å². The van der Waals surface area contributed by atoms with Crippen LogP contribution in [0.2, 0.25) is 0 Å². The van der Waals surface area contributed by atoms with Crippen molar-refractivity contribution in [3.05, 3.63) is 88.7 Å². The highest BCUT2D eigenvalue weighted by atomic mass is 16.5. The van der Waals surface area contributed by atoms with Crippen LogP contribution < -0.4 is 9.64 Å². The molecule has 0 aliphatic carbocycles. The lowest BCUT2D eigenvalue weighted by Crippen LogP contribution is -2.25. The van der Waals surface area contributed by atoms with Crippen molar-refractivity contribution in [3.8, 4) is 5.75 Å². The number of amides is 1. The Labute approximate surface area is 207 Å². The zero-order valence-corrected chi connectivity index (χ0v) is 21.0. The predicted molar refractivity (Wildman–Crippen MR) is 141 cm³/mol. The number of anilines is 1. The summed E-state index contributed by atoms with van der Waals surface area (Å²) < 4.78 is 8.46. The number of hydrogen-bond donors (Lipinski definition) is 0. The second-order valence-electron chi connectivity index (χ2n) is 9.66. The number of aryl methyl sites for hydroxylation is 4. The number of ether oxygens (including phenoxy) is 1. The summed E-state index contributed by atoms with van der Waals surface area (Å²) in [6, 6.07) is 20.7. The molecule has 2 heterocycles. The van der Waals surface area contributed by atoms with Gasteiger partial charge in [0.1, 0.15) is 11.6 Å². The summed E-state index contributed by atoms with van der Waals surface area (Å²) in [6.45, 7) is 10.5. The van der Waals surface area contributed by atoms with E-state index in [0.717, 1.165) is 52.4 Å². The highest BCUT2D eigenvalue weighted by molar-refractivity contribution is 5.97. The number of hydrogen-bond acceptors (Lipinski definition) is 3. The largest absolute Gasteiger partial charge is 0.493 e. The Balaban J connectivity index is 1.37. The molecule has 1 saturated heterocycles. The fraction of sp³-hybridized carbons (Fsp3) is 0.333. The van der Waals surface area contributed by atoms with E-state index in [-0.39, 0.29) is 11.8 Å². The maximum atomic E-state index is 13.1. The number of fused-ring (bicyclic) bond motifs is 1. The molecule has 5 heteroatoms. The average Bonchev–Trinajstić information content (AvgIpc) is 3.40. The zero-order chi connectivity index (χ0) is 24.5. The molecule has 5 rings (SSSR count). The maximum Gasteiger partial charge on any atom is 0.227 e. The molecule has 4 aromatic rings. The van der Waals surface area contributed by atoms with Gasteiger partial charge < -0.3 is 14.2 Å². The number of benzene rings is 3. The second kappa shape index (κ2) is 9.57. The molecule has 1 atom stereocenters. The molecule has 1 amide bonds. The first-order valence-electron chi connectivity index (χ1n) is 12.4. The van der Waals surface area contributed by atoms with Crippen LogP contribution >= 0.6 is 0 Å². The normalized spacial score (nSPS) is 15.8. The van der Waals surface area contributed by atoms with Gasteiger partial charge in [0.05, 0.1) is 17.6 Å². The Hall–Kier alpha value is -3.60. The molecule has 0 N–H and O–H groups in total. The van der Waals surface area contributed by atoms with Gasteiger partial charge in [0, 0.05) is 31.1 Å². The van der Waals surface area contributed by atoms with Crippen molar-refractivity contribution in [1.29, 1.82) is 0 Å². The molecular formula is C30H33N3O2. The molecule has 1 fully saturated rings. The maximum absolute atomic E-state index is 13.1. The summed E-state index contributed by atoms with van der Waals surface area (Å²) in [6.07, 6.45) is 1.35. The quantitative estimate of drug-likeness (QED) is 0.301. The molecule has 0 saturated carbocycles. The summed E-state index contributed by atoms with van der Waals surface area (Å²) >= 11 is 0. The van der Waals surface area contributed by atoms with Gasteiger partial charge in [-0.1, -0.05) is 42.5 Å². The lowest BCUT2D eigenvalue weighted by molar-refractivity contribution is -0.117. The number of para-hydroxylation sites is 3. The van der Waals surface area contributed by atoms with Gasteiger partial charge in [0.15, 0.2) is 0 Å². The van der Waals surface area contributed by atoms with Crippen LogP contribution in [0.15, 0.2) is 60.7 Å². The Morgan fingerprint density at radius 2 is 1.63 bits per heavy atom. The van der Waals surface area contributed by atoms with E-state index in [4.69, 9.17) is 9.72 Å². The minimum atomic E-state index is 0.0642. The van der Waals surface area contributed by atoms with Gasteiger partial charge in [-0.3, -0.25) is 4.79 Å². The molecule has 35 heavy (non-hydrogen) atoms. The van der Waals surface area contributed by atoms with Gasteiger partial charge in [0.25, 0.3) is 0 Å². The van der Waals surface area contributed by atoms with Crippen LogP contribution in [0.4, 0.5) is 5.69 Å². The van der Waals surface area contributed by atoms with Crippen LogP contribution in [0.25, 0.3) is 11.0 Å². The molecule has 3 aromatic carbocycles. The summed E-state index contributed by atoms with van der Waals surface area (Å²) in [5.41, 5.74) is 7.81. The Morgan fingerprint density at radius 3 is 2.43 bits per heavy atom. The number of carbonyl (C=O) groups is 1. The van der Waals surface area contributed by atoms with E-state index in [1.165, 1.54) is 11.1 Å². The van der Waals surface area contributed by atoms with Crippen LogP contribution in [-0.4, -0.2) is 28.6 Å². The Kier molecular flexibility index (Phi) is 6.33. The molecule has 0 radical (unpaired) electrons. The lowest BCUT2D eigenvalue weighted by Gasteiger charge is -2.20. The lowest BCUT2D eigenvalue weighted by atomic mass is 10.1. The van der Waals surface area contributed by atoms with Crippen LogP contribution in [0.1, 0.15) is 46.8 Å². The monoisotopic (exact) mass is 467 g/mol. The first kappa shape index (κ1) is 23.2. The second-order valence-corrected chi connectivity index (χ2v) is 9.66. The highest BCUT2D eigenvalue weighted by Crippen LogP contribution is 2.35. The molecule has 1 aliphatic rings. The zero-order valence-electron chi connectivity index (χ0n) is 21.0. The molecule has 180 valence electrons. The van der Waals surface area contributed by atoms with Crippen LogP contribution in [-0.2, 0) is 11.3 Å². The summed E-state index contributed by atoms with van der Waals surface area (Å²) in [5.74, 6) is 2.21. The fourth-order valence-corrected chi connectivity index (χ4v) is 5.21. The average molecular weight is 468 g/mol. The molecule has 5 nitrogen and oxygen atoms in total. The van der Waals surface area contributed by atoms with E-state index >= 15 is 0 Å². The van der Waals surface area contributed by atoms with Crippen molar-refractivity contribution in [3.63, 3.8) is 0 Å². The summed E-state index contributed by atoms with van der Waals surface area (Å²) in [5, 5.41) is 0. The van der Waals surface area contributed by atoms with Crippen LogP contribution in [0.3, 0.4) is 0 Å². The van der Waals surface area contributed by atoms with Gasteiger partial charge in [-0.15, -0.1) is 0 Å². The standard InChI is InChI=1S/C30H33N3O2/c1-20-10-8-15-26(23(20)4)33-19-24(18-28(33)34)30-31-25-13-5-6-14-27(25)32(30)16-9-17-35-29-21(2)11-7-12-22(29)3/h5-8,10-15,24H,9,16-19H2,1-4H3. The summed E-state index contributed by atoms with van der Waals surface area (Å²) in [7, 11) is 0. The Morgan fingerprint density at radius 1 is 0.914 bits per heavy atom. The van der Waals surface area contributed by atoms with E-state index in [2.05, 4.69) is 80.8 Å². The third kappa shape index (κ3) is 4.43. The predicted octanol–water partition coefficient (Wildman–Crippen LogP) is 6.26. The van der Waals surface area contributed by atoms with Gasteiger partial charge >= 0.3 is 0 Å². The van der Waals surface area contributed by atoms with Gasteiger partial charge in [-0.25, -0.2) is 4.98 Å². The topological polar surface area (TPSA) is 47.4 Å². The third-order valence-electron chi connectivity index (χ3n) is 7.22.